The molecule has 1 fully saturated rings. The van der Waals surface area contributed by atoms with Gasteiger partial charge in [-0.3, -0.25) is 9.59 Å². The lowest BCUT2D eigenvalue weighted by Crippen LogP contribution is -2.39. The van der Waals surface area contributed by atoms with E-state index in [1.165, 1.54) is 6.42 Å². The Morgan fingerprint density at radius 3 is 2.48 bits per heavy atom. The Hall–Kier alpha value is -2.30. The highest BCUT2D eigenvalue weighted by atomic mass is 16.5. The molecule has 1 aromatic heterocycles. The number of methoxy groups -OCH3 is 1. The number of benzene rings is 1. The number of ketones is 1. The summed E-state index contributed by atoms with van der Waals surface area (Å²) >= 11 is 0. The molecular formula is C24H33NO4. The van der Waals surface area contributed by atoms with E-state index >= 15 is 0 Å². The summed E-state index contributed by atoms with van der Waals surface area (Å²) in [5.41, 5.74) is 0.692. The molecule has 5 heteroatoms. The highest BCUT2D eigenvalue weighted by Crippen LogP contribution is 2.39. The highest BCUT2D eigenvalue weighted by Gasteiger charge is 2.35. The van der Waals surface area contributed by atoms with E-state index in [0.717, 1.165) is 31.1 Å². The van der Waals surface area contributed by atoms with Crippen molar-refractivity contribution in [2.75, 3.05) is 7.11 Å². The fourth-order valence-corrected chi connectivity index (χ4v) is 4.15. The first-order valence-electron chi connectivity index (χ1n) is 10.7. The van der Waals surface area contributed by atoms with Crippen LogP contribution in [-0.4, -0.2) is 24.8 Å². The van der Waals surface area contributed by atoms with Crippen molar-refractivity contribution in [1.82, 2.24) is 5.32 Å². The van der Waals surface area contributed by atoms with Crippen LogP contribution in [0.3, 0.4) is 0 Å². The molecule has 1 amide bonds. The Balaban J connectivity index is 2.07. The lowest BCUT2D eigenvalue weighted by Gasteiger charge is -2.26. The molecule has 1 heterocycles. The molecule has 3 rings (SSSR count). The molecule has 5 nitrogen and oxygen atoms in total. The largest absolute Gasteiger partial charge is 0.497 e. The number of fused-ring (bicyclic) bond motifs is 1. The summed E-state index contributed by atoms with van der Waals surface area (Å²) in [4.78, 5) is 26.5. The summed E-state index contributed by atoms with van der Waals surface area (Å²) in [5, 5.41) is 4.01. The number of hydrogen-bond acceptors (Lipinski definition) is 4. The molecular weight excluding hydrogens is 366 g/mol. The molecule has 1 unspecified atom stereocenters. The first kappa shape index (κ1) is 21.4. The van der Waals surface area contributed by atoms with Gasteiger partial charge in [0.2, 0.25) is 11.7 Å². The summed E-state index contributed by atoms with van der Waals surface area (Å²) in [6.45, 7) is 7.59. The number of furan rings is 1. The minimum absolute atomic E-state index is 0.0205. The van der Waals surface area contributed by atoms with E-state index in [-0.39, 0.29) is 17.7 Å². The van der Waals surface area contributed by atoms with E-state index < -0.39 is 11.3 Å². The fourth-order valence-electron chi connectivity index (χ4n) is 4.15. The number of amides is 1. The summed E-state index contributed by atoms with van der Waals surface area (Å²) in [6, 6.07) is 5.71. The second-order valence-electron chi connectivity index (χ2n) is 9.09. The first-order chi connectivity index (χ1) is 13.8. The van der Waals surface area contributed by atoms with Gasteiger partial charge < -0.3 is 14.5 Å². The smallest absolute Gasteiger partial charge is 0.227 e. The number of ether oxygens (including phenoxy) is 1. The first-order valence-corrected chi connectivity index (χ1v) is 10.7. The third kappa shape index (κ3) is 4.49. The minimum atomic E-state index is -0.606. The number of nitrogens with one attached hydrogen (secondary N) is 1. The zero-order chi connectivity index (χ0) is 21.2. The van der Waals surface area contributed by atoms with E-state index in [1.54, 1.807) is 7.11 Å². The summed E-state index contributed by atoms with van der Waals surface area (Å²) in [7, 11) is 1.61. The lowest BCUT2D eigenvalue weighted by atomic mass is 9.84. The monoisotopic (exact) mass is 399 g/mol. The molecule has 1 N–H and O–H groups in total. The number of hydrogen-bond donors (Lipinski definition) is 1. The average molecular weight is 400 g/mol. The Morgan fingerprint density at radius 2 is 1.90 bits per heavy atom. The van der Waals surface area contributed by atoms with Gasteiger partial charge in [-0.15, -0.1) is 0 Å². The number of rotatable bonds is 6. The Morgan fingerprint density at radius 1 is 1.21 bits per heavy atom. The maximum absolute atomic E-state index is 13.3. The van der Waals surface area contributed by atoms with Crippen LogP contribution in [0.4, 0.5) is 0 Å². The van der Waals surface area contributed by atoms with Crippen molar-refractivity contribution >= 4 is 22.7 Å². The van der Waals surface area contributed by atoms with Gasteiger partial charge in [0.25, 0.3) is 0 Å². The van der Waals surface area contributed by atoms with Crippen LogP contribution in [0.2, 0.25) is 0 Å². The van der Waals surface area contributed by atoms with Gasteiger partial charge in [0.15, 0.2) is 5.76 Å². The molecule has 29 heavy (non-hydrogen) atoms. The molecule has 158 valence electrons. The predicted octanol–water partition coefficient (Wildman–Crippen LogP) is 5.61. The van der Waals surface area contributed by atoms with Gasteiger partial charge in [-0.1, -0.05) is 47.0 Å². The average Bonchev–Trinajstić information content (AvgIpc) is 3.06. The van der Waals surface area contributed by atoms with Crippen LogP contribution in [0, 0.1) is 5.41 Å². The molecule has 0 bridgehead atoms. The Kier molecular flexibility index (Phi) is 6.35. The Bertz CT molecular complexity index is 884. The third-order valence-electron chi connectivity index (χ3n) is 5.85. The van der Waals surface area contributed by atoms with E-state index in [4.69, 9.17) is 9.15 Å². The maximum atomic E-state index is 13.3. The van der Waals surface area contributed by atoms with E-state index in [0.29, 0.717) is 29.1 Å². The van der Waals surface area contributed by atoms with Gasteiger partial charge >= 0.3 is 0 Å². The van der Waals surface area contributed by atoms with Crippen LogP contribution < -0.4 is 10.1 Å². The van der Waals surface area contributed by atoms with E-state index in [9.17, 15) is 9.59 Å². The van der Waals surface area contributed by atoms with Crippen LogP contribution in [0.1, 0.15) is 88.3 Å². The SMILES string of the molecule is CCC(C(=O)NC1CCCCC1)c1c(C(=O)C(C)(C)C)oc2ccc(OC)cc12. The molecule has 1 aliphatic rings. The van der Waals surface area contributed by atoms with Crippen LogP contribution in [-0.2, 0) is 4.79 Å². The quantitative estimate of drug-likeness (QED) is 0.641. The van der Waals surface area contributed by atoms with Gasteiger partial charge in [0.05, 0.1) is 13.0 Å². The van der Waals surface area contributed by atoms with E-state index in [1.807, 2.05) is 45.9 Å². The second kappa shape index (κ2) is 8.60. The third-order valence-corrected chi connectivity index (χ3v) is 5.85. The van der Waals surface area contributed by atoms with Crippen molar-refractivity contribution in [2.24, 2.45) is 5.41 Å². The molecule has 0 aliphatic heterocycles. The fraction of sp³-hybridized carbons (Fsp3) is 0.583. The molecule has 0 spiro atoms. The van der Waals surface area contributed by atoms with Crippen molar-refractivity contribution in [1.29, 1.82) is 0 Å². The van der Waals surface area contributed by atoms with Gasteiger partial charge in [0.1, 0.15) is 11.3 Å². The Labute approximate surface area is 173 Å². The van der Waals surface area contributed by atoms with Gasteiger partial charge in [-0.2, -0.15) is 0 Å². The molecule has 2 aromatic rings. The van der Waals surface area contributed by atoms with Crippen molar-refractivity contribution in [2.45, 2.75) is 78.2 Å². The van der Waals surface area contributed by atoms with Gasteiger partial charge in [-0.05, 0) is 37.5 Å². The minimum Gasteiger partial charge on any atom is -0.497 e. The van der Waals surface area contributed by atoms with Crippen molar-refractivity contribution in [3.8, 4) is 5.75 Å². The van der Waals surface area contributed by atoms with Crippen molar-refractivity contribution < 1.29 is 18.7 Å². The van der Waals surface area contributed by atoms with Crippen molar-refractivity contribution in [3.05, 3.63) is 29.5 Å². The second-order valence-corrected chi connectivity index (χ2v) is 9.09. The highest BCUT2D eigenvalue weighted by molar-refractivity contribution is 6.05. The summed E-state index contributed by atoms with van der Waals surface area (Å²) < 4.78 is 11.4. The van der Waals surface area contributed by atoms with Crippen LogP contribution in [0.5, 0.6) is 5.75 Å². The molecule has 0 radical (unpaired) electrons. The number of carbonyl (C=O) groups excluding carboxylic acids is 2. The van der Waals surface area contributed by atoms with Crippen LogP contribution >= 0.6 is 0 Å². The van der Waals surface area contributed by atoms with E-state index in [2.05, 4.69) is 5.32 Å². The molecule has 1 atom stereocenters. The number of carbonyl (C=O) groups is 2. The normalized spacial score (nSPS) is 16.6. The maximum Gasteiger partial charge on any atom is 0.227 e. The van der Waals surface area contributed by atoms with Crippen LogP contribution in [0.15, 0.2) is 22.6 Å². The van der Waals surface area contributed by atoms with Crippen LogP contribution in [0.25, 0.3) is 11.0 Å². The summed E-state index contributed by atoms with van der Waals surface area (Å²) in [5.74, 6) is 0.425. The standard InChI is InChI=1S/C24H33NO4/c1-6-17(23(27)25-15-10-8-7-9-11-15)20-18-14-16(28-5)12-13-19(18)29-21(20)22(26)24(2,3)4/h12-15,17H,6-11H2,1-5H3,(H,25,27). The molecule has 1 aliphatic carbocycles. The zero-order valence-electron chi connectivity index (χ0n) is 18.3. The zero-order valence-corrected chi connectivity index (χ0v) is 18.3. The molecule has 0 saturated heterocycles. The lowest BCUT2D eigenvalue weighted by molar-refractivity contribution is -0.123. The summed E-state index contributed by atoms with van der Waals surface area (Å²) in [6.07, 6.45) is 6.18. The topological polar surface area (TPSA) is 68.5 Å². The number of Topliss-reactive ketones (excluding diaryl/α,β-unsaturated/α-hetero) is 1. The van der Waals surface area contributed by atoms with Gasteiger partial charge in [0, 0.05) is 22.4 Å². The van der Waals surface area contributed by atoms with Crippen molar-refractivity contribution in [3.63, 3.8) is 0 Å². The predicted molar refractivity (Wildman–Crippen MR) is 115 cm³/mol. The van der Waals surface area contributed by atoms with Gasteiger partial charge in [-0.25, -0.2) is 0 Å². The molecule has 1 saturated carbocycles. The molecule has 1 aromatic carbocycles.